The zero-order valence-corrected chi connectivity index (χ0v) is 5.35. The van der Waals surface area contributed by atoms with Crippen LogP contribution in [-0.2, 0) is 4.79 Å². The number of halogens is 3. The number of carboxylic acid groups (broad SMARTS) is 1. The number of nitrogens with two attached hydrogens (primary N) is 1. The van der Waals surface area contributed by atoms with Gasteiger partial charge in [0.15, 0.2) is 0 Å². The Morgan fingerprint density at radius 2 is 1.91 bits per heavy atom. The lowest BCUT2D eigenvalue weighted by molar-refractivity contribution is -0.161. The Morgan fingerprint density at radius 3 is 2.00 bits per heavy atom. The molecule has 0 aliphatic carbocycles. The Kier molecular flexibility index (Phi) is 4.83. The van der Waals surface area contributed by atoms with Crippen LogP contribution in [0.2, 0.25) is 0 Å². The topological polar surface area (TPSA) is 94.8 Å². The Morgan fingerprint density at radius 1 is 1.55 bits per heavy atom. The number of aliphatic carboxylic acids is 1. The molecule has 1 atom stereocenters. The molecule has 0 spiro atoms. The van der Waals surface area contributed by atoms with Gasteiger partial charge >= 0.3 is 12.1 Å². The van der Waals surface area contributed by atoms with Crippen LogP contribution in [0.5, 0.6) is 0 Å². The number of rotatable bonds is 2. The van der Waals surface area contributed by atoms with Gasteiger partial charge in [-0.3, -0.25) is 4.79 Å². The second kappa shape index (κ2) is 4.14. The van der Waals surface area contributed by atoms with Crippen molar-refractivity contribution in [3.8, 4) is 0 Å². The average Bonchev–Trinajstić information content (AvgIpc) is 1.60. The van der Waals surface area contributed by atoms with Gasteiger partial charge in [0.2, 0.25) is 0 Å². The number of hydrogen-bond acceptors (Lipinski definition) is 2. The summed E-state index contributed by atoms with van der Waals surface area (Å²) in [6, 6.07) is -2.26. The van der Waals surface area contributed by atoms with E-state index in [9.17, 15) is 18.0 Å². The van der Waals surface area contributed by atoms with Gasteiger partial charge in [0.05, 0.1) is 6.42 Å². The molecule has 0 aliphatic heterocycles. The number of alkyl halides is 3. The van der Waals surface area contributed by atoms with Gasteiger partial charge in [0, 0.05) is 0 Å². The maximum Gasteiger partial charge on any atom is 0.404 e. The average molecular weight is 175 g/mol. The molecule has 0 bridgehead atoms. The van der Waals surface area contributed by atoms with Crippen LogP contribution in [0.15, 0.2) is 0 Å². The molecule has 0 fully saturated rings. The van der Waals surface area contributed by atoms with E-state index < -0.39 is 24.6 Å². The monoisotopic (exact) mass is 175 g/mol. The van der Waals surface area contributed by atoms with Crippen molar-refractivity contribution in [1.29, 1.82) is 0 Å². The van der Waals surface area contributed by atoms with Gasteiger partial charge in [-0.25, -0.2) is 0 Å². The van der Waals surface area contributed by atoms with E-state index >= 15 is 0 Å². The van der Waals surface area contributed by atoms with E-state index in [2.05, 4.69) is 5.73 Å². The summed E-state index contributed by atoms with van der Waals surface area (Å²) < 4.78 is 34.3. The molecule has 1 unspecified atom stereocenters. The molecule has 4 nitrogen and oxygen atoms in total. The van der Waals surface area contributed by atoms with E-state index in [1.54, 1.807) is 0 Å². The number of carbonyl (C=O) groups is 1. The predicted molar refractivity (Wildman–Crippen MR) is 29.9 cm³/mol. The highest BCUT2D eigenvalue weighted by molar-refractivity contribution is 5.67. The highest BCUT2D eigenvalue weighted by atomic mass is 19.4. The third-order valence-corrected chi connectivity index (χ3v) is 0.815. The van der Waals surface area contributed by atoms with Gasteiger partial charge in [-0.2, -0.15) is 13.2 Å². The Bertz CT molecular complexity index is 135. The highest BCUT2D eigenvalue weighted by Gasteiger charge is 2.37. The van der Waals surface area contributed by atoms with Crippen molar-refractivity contribution in [2.75, 3.05) is 0 Å². The molecule has 0 aromatic rings. The third-order valence-electron chi connectivity index (χ3n) is 0.815. The first-order valence-electron chi connectivity index (χ1n) is 2.38. The molecule has 0 radical (unpaired) electrons. The van der Waals surface area contributed by atoms with E-state index in [4.69, 9.17) is 5.11 Å². The van der Waals surface area contributed by atoms with Crippen molar-refractivity contribution < 1.29 is 28.5 Å². The minimum atomic E-state index is -4.61. The van der Waals surface area contributed by atoms with Crippen molar-refractivity contribution in [2.45, 2.75) is 18.6 Å². The first kappa shape index (κ1) is 12.8. The van der Waals surface area contributed by atoms with E-state index in [0.29, 0.717) is 0 Å². The summed E-state index contributed by atoms with van der Waals surface area (Å²) >= 11 is 0. The molecular weight excluding hydrogens is 167 g/mol. The van der Waals surface area contributed by atoms with E-state index in [1.807, 2.05) is 0 Å². The summed E-state index contributed by atoms with van der Waals surface area (Å²) in [4.78, 5) is 9.68. The minimum Gasteiger partial charge on any atom is -0.481 e. The van der Waals surface area contributed by atoms with E-state index in [1.165, 1.54) is 0 Å². The van der Waals surface area contributed by atoms with Crippen molar-refractivity contribution in [3.63, 3.8) is 0 Å². The van der Waals surface area contributed by atoms with Crippen molar-refractivity contribution >= 4 is 5.97 Å². The molecule has 0 amide bonds. The van der Waals surface area contributed by atoms with Gasteiger partial charge in [0.1, 0.15) is 6.04 Å². The van der Waals surface area contributed by atoms with Crippen LogP contribution in [0.1, 0.15) is 6.42 Å². The van der Waals surface area contributed by atoms with Crippen LogP contribution in [0.3, 0.4) is 0 Å². The van der Waals surface area contributed by atoms with E-state index in [0.717, 1.165) is 0 Å². The van der Waals surface area contributed by atoms with Crippen molar-refractivity contribution in [3.05, 3.63) is 0 Å². The summed E-state index contributed by atoms with van der Waals surface area (Å²) in [6.07, 6.45) is -5.69. The third kappa shape index (κ3) is 5.62. The van der Waals surface area contributed by atoms with Crippen molar-refractivity contribution in [1.82, 2.24) is 0 Å². The fourth-order valence-electron chi connectivity index (χ4n) is 0.304. The van der Waals surface area contributed by atoms with Gasteiger partial charge < -0.3 is 16.3 Å². The van der Waals surface area contributed by atoms with Crippen LogP contribution < -0.4 is 5.73 Å². The van der Waals surface area contributed by atoms with Gasteiger partial charge in [0.25, 0.3) is 0 Å². The summed E-state index contributed by atoms with van der Waals surface area (Å²) in [6.45, 7) is 0. The molecule has 5 N–H and O–H groups in total. The maximum absolute atomic E-state index is 11.4. The molecule has 0 saturated carbocycles. The zero-order chi connectivity index (χ0) is 8.36. The highest BCUT2D eigenvalue weighted by Crippen LogP contribution is 2.20. The first-order valence-corrected chi connectivity index (χ1v) is 2.38. The minimum absolute atomic E-state index is 0. The molecule has 0 aliphatic rings. The molecule has 11 heavy (non-hydrogen) atoms. The summed E-state index contributed by atoms with van der Waals surface area (Å²) in [7, 11) is 0. The normalized spacial score (nSPS) is 13.5. The molecule has 0 aromatic carbocycles. The smallest absolute Gasteiger partial charge is 0.404 e. The second-order valence-electron chi connectivity index (χ2n) is 1.75. The van der Waals surface area contributed by atoms with E-state index in [-0.39, 0.29) is 5.48 Å². The van der Waals surface area contributed by atoms with Gasteiger partial charge in [-0.15, -0.1) is 0 Å². The number of hydrogen-bond donors (Lipinski definition) is 2. The Labute approximate surface area is 60.1 Å². The maximum atomic E-state index is 11.4. The second-order valence-corrected chi connectivity index (χ2v) is 1.75. The molecular formula is C4H8F3NO3. The lowest BCUT2D eigenvalue weighted by atomic mass is 10.2. The largest absolute Gasteiger partial charge is 0.481 e. The van der Waals surface area contributed by atoms with Gasteiger partial charge in [-0.1, -0.05) is 0 Å². The summed E-state index contributed by atoms with van der Waals surface area (Å²) in [5.74, 6) is -1.55. The summed E-state index contributed by atoms with van der Waals surface area (Å²) in [5, 5.41) is 7.87. The van der Waals surface area contributed by atoms with Crippen LogP contribution in [0.25, 0.3) is 0 Å². The fraction of sp³-hybridized carbons (Fsp3) is 0.750. The lowest BCUT2D eigenvalue weighted by Gasteiger charge is -2.12. The van der Waals surface area contributed by atoms with Crippen LogP contribution >= 0.6 is 0 Å². The van der Waals surface area contributed by atoms with Crippen LogP contribution in [0, 0.1) is 0 Å². The standard InChI is InChI=1S/C4H6F3NO2.H2O/c5-4(6,7)2(8)1-3(9)10;/h2H,1,8H2,(H,9,10);1H2. The first-order chi connectivity index (χ1) is 4.34. The molecule has 0 rings (SSSR count). The van der Waals surface area contributed by atoms with Crippen LogP contribution in [-0.4, -0.2) is 28.8 Å². The lowest BCUT2D eigenvalue weighted by Crippen LogP contribution is -2.38. The fourth-order valence-corrected chi connectivity index (χ4v) is 0.304. The quantitative estimate of drug-likeness (QED) is 0.593. The Hall–Kier alpha value is -0.820. The SMILES string of the molecule is NC(CC(=O)O)C(F)(F)F.O. The zero-order valence-electron chi connectivity index (χ0n) is 5.35. The Balaban J connectivity index is 0. The molecule has 0 heterocycles. The van der Waals surface area contributed by atoms with Gasteiger partial charge in [-0.05, 0) is 0 Å². The molecule has 7 heteroatoms. The predicted octanol–water partition coefficient (Wildman–Crippen LogP) is -0.474. The van der Waals surface area contributed by atoms with Crippen LogP contribution in [0.4, 0.5) is 13.2 Å². The molecule has 0 aromatic heterocycles. The number of carboxylic acids is 1. The summed E-state index contributed by atoms with van der Waals surface area (Å²) in [5.41, 5.74) is 4.45. The van der Waals surface area contributed by atoms with Crippen molar-refractivity contribution in [2.24, 2.45) is 5.73 Å². The molecule has 0 saturated heterocycles. The molecule has 68 valence electrons.